The number of nitrogens with two attached hydrogens (primary N) is 1. The molecule has 0 aromatic heterocycles. The van der Waals surface area contributed by atoms with E-state index in [1.54, 1.807) is 13.0 Å². The molecule has 14 heavy (non-hydrogen) atoms. The van der Waals surface area contributed by atoms with Crippen molar-refractivity contribution in [2.24, 2.45) is 5.73 Å². The van der Waals surface area contributed by atoms with Crippen LogP contribution in [0.4, 0.5) is 4.39 Å². The molecular weight excluding hydrogens is 181 g/mol. The molecule has 3 N–H and O–H groups in total. The zero-order chi connectivity index (χ0) is 10.7. The fourth-order valence-corrected chi connectivity index (χ4v) is 1.50. The first-order valence-electron chi connectivity index (χ1n) is 4.78. The first-order valence-corrected chi connectivity index (χ1v) is 4.78. The molecule has 0 bridgehead atoms. The molecule has 2 nitrogen and oxygen atoms in total. The molecule has 2 atom stereocenters. The Balaban J connectivity index is 3.16. The summed E-state index contributed by atoms with van der Waals surface area (Å²) < 4.78 is 13.5. The Labute approximate surface area is 83.6 Å². The van der Waals surface area contributed by atoms with E-state index in [4.69, 9.17) is 5.73 Å². The molecule has 1 aromatic carbocycles. The van der Waals surface area contributed by atoms with Crippen molar-refractivity contribution in [1.82, 2.24) is 0 Å². The van der Waals surface area contributed by atoms with Gasteiger partial charge in [-0.2, -0.15) is 0 Å². The predicted octanol–water partition coefficient (Wildman–Crippen LogP) is 1.77. The van der Waals surface area contributed by atoms with Gasteiger partial charge < -0.3 is 10.8 Å². The van der Waals surface area contributed by atoms with Crippen LogP contribution in [0.15, 0.2) is 18.2 Å². The maximum absolute atomic E-state index is 13.5. The van der Waals surface area contributed by atoms with Crippen LogP contribution >= 0.6 is 0 Å². The van der Waals surface area contributed by atoms with Gasteiger partial charge in [0, 0.05) is 5.56 Å². The smallest absolute Gasteiger partial charge is 0.128 e. The fourth-order valence-electron chi connectivity index (χ4n) is 1.50. The summed E-state index contributed by atoms with van der Waals surface area (Å²) in [6.45, 7) is 3.50. The Hall–Kier alpha value is -0.930. The van der Waals surface area contributed by atoms with Crippen molar-refractivity contribution in [3.05, 3.63) is 35.1 Å². The van der Waals surface area contributed by atoms with Crippen molar-refractivity contribution < 1.29 is 9.50 Å². The van der Waals surface area contributed by atoms with E-state index in [2.05, 4.69) is 0 Å². The van der Waals surface area contributed by atoms with Crippen LogP contribution in [0.3, 0.4) is 0 Å². The van der Waals surface area contributed by atoms with Gasteiger partial charge in [0.15, 0.2) is 0 Å². The van der Waals surface area contributed by atoms with Crippen LogP contribution in [-0.2, 0) is 6.42 Å². The van der Waals surface area contributed by atoms with Gasteiger partial charge in [-0.3, -0.25) is 0 Å². The zero-order valence-corrected chi connectivity index (χ0v) is 8.50. The number of hydrogen-bond donors (Lipinski definition) is 2. The number of halogens is 1. The monoisotopic (exact) mass is 197 g/mol. The van der Waals surface area contributed by atoms with E-state index in [1.165, 1.54) is 6.07 Å². The molecule has 0 radical (unpaired) electrons. The Kier molecular flexibility index (Phi) is 3.61. The van der Waals surface area contributed by atoms with E-state index in [1.807, 2.05) is 13.0 Å². The highest BCUT2D eigenvalue weighted by Gasteiger charge is 2.18. The zero-order valence-electron chi connectivity index (χ0n) is 8.50. The normalized spacial score (nSPS) is 15.2. The van der Waals surface area contributed by atoms with E-state index < -0.39 is 12.1 Å². The average molecular weight is 197 g/mol. The number of benzene rings is 1. The first kappa shape index (κ1) is 11.1. The van der Waals surface area contributed by atoms with Crippen LogP contribution in [0.5, 0.6) is 0 Å². The van der Waals surface area contributed by atoms with Crippen LogP contribution < -0.4 is 5.73 Å². The van der Waals surface area contributed by atoms with Crippen LogP contribution in [0.2, 0.25) is 0 Å². The summed E-state index contributed by atoms with van der Waals surface area (Å²) >= 11 is 0. The molecule has 0 aliphatic rings. The van der Waals surface area contributed by atoms with Crippen LogP contribution in [0.25, 0.3) is 0 Å². The highest BCUT2D eigenvalue weighted by Crippen LogP contribution is 2.22. The molecule has 0 fully saturated rings. The molecule has 0 spiro atoms. The van der Waals surface area contributed by atoms with E-state index in [-0.39, 0.29) is 5.82 Å². The summed E-state index contributed by atoms with van der Waals surface area (Å²) in [5, 5.41) is 9.33. The predicted molar refractivity (Wildman–Crippen MR) is 54.4 cm³/mol. The van der Waals surface area contributed by atoms with Crippen molar-refractivity contribution in [2.75, 3.05) is 0 Å². The van der Waals surface area contributed by atoms with Crippen molar-refractivity contribution in [1.29, 1.82) is 0 Å². The van der Waals surface area contributed by atoms with Crippen LogP contribution in [-0.4, -0.2) is 11.2 Å². The highest BCUT2D eigenvalue weighted by molar-refractivity contribution is 5.31. The molecule has 0 unspecified atom stereocenters. The first-order chi connectivity index (χ1) is 6.57. The van der Waals surface area contributed by atoms with E-state index in [0.29, 0.717) is 12.0 Å². The Morgan fingerprint density at radius 3 is 2.64 bits per heavy atom. The van der Waals surface area contributed by atoms with Gasteiger partial charge in [0.2, 0.25) is 0 Å². The van der Waals surface area contributed by atoms with Gasteiger partial charge in [-0.15, -0.1) is 0 Å². The van der Waals surface area contributed by atoms with Gasteiger partial charge >= 0.3 is 0 Å². The van der Waals surface area contributed by atoms with Crippen LogP contribution in [0, 0.1) is 5.82 Å². The molecule has 1 rings (SSSR count). The lowest BCUT2D eigenvalue weighted by molar-refractivity contribution is 0.162. The van der Waals surface area contributed by atoms with Gasteiger partial charge in [-0.1, -0.05) is 19.1 Å². The fraction of sp³-hybridized carbons (Fsp3) is 0.455. The number of hydrogen-bond acceptors (Lipinski definition) is 2. The van der Waals surface area contributed by atoms with Crippen molar-refractivity contribution >= 4 is 0 Å². The minimum absolute atomic E-state index is 0.335. The molecule has 0 saturated heterocycles. The van der Waals surface area contributed by atoms with E-state index in [9.17, 15) is 9.50 Å². The third-order valence-electron chi connectivity index (χ3n) is 2.38. The van der Waals surface area contributed by atoms with Crippen molar-refractivity contribution in [2.45, 2.75) is 32.4 Å². The second kappa shape index (κ2) is 4.53. The topological polar surface area (TPSA) is 46.2 Å². The number of aliphatic hydroxyl groups excluding tert-OH is 1. The lowest BCUT2D eigenvalue weighted by Crippen LogP contribution is -2.25. The molecule has 0 heterocycles. The van der Waals surface area contributed by atoms with E-state index in [0.717, 1.165) is 5.56 Å². The minimum atomic E-state index is -0.739. The highest BCUT2D eigenvalue weighted by atomic mass is 19.1. The number of aryl methyl sites for hydroxylation is 1. The Morgan fingerprint density at radius 1 is 1.50 bits per heavy atom. The maximum Gasteiger partial charge on any atom is 0.128 e. The molecule has 3 heteroatoms. The van der Waals surface area contributed by atoms with Crippen molar-refractivity contribution in [3.63, 3.8) is 0 Å². The summed E-state index contributed by atoms with van der Waals surface area (Å²) in [4.78, 5) is 0. The summed E-state index contributed by atoms with van der Waals surface area (Å²) in [6, 6.07) is 4.22. The molecule has 1 aromatic rings. The lowest BCUT2D eigenvalue weighted by Gasteiger charge is -2.19. The molecule has 0 saturated carbocycles. The molecule has 0 aliphatic heterocycles. The second-order valence-electron chi connectivity index (χ2n) is 3.43. The summed E-state index contributed by atoms with van der Waals surface area (Å²) in [6.07, 6.45) is -0.0229. The largest absolute Gasteiger partial charge is 0.391 e. The summed E-state index contributed by atoms with van der Waals surface area (Å²) in [7, 11) is 0. The minimum Gasteiger partial charge on any atom is -0.391 e. The van der Waals surface area contributed by atoms with E-state index >= 15 is 0 Å². The third-order valence-corrected chi connectivity index (χ3v) is 2.38. The summed E-state index contributed by atoms with van der Waals surface area (Å²) in [5.41, 5.74) is 7.02. The van der Waals surface area contributed by atoms with Crippen molar-refractivity contribution in [3.8, 4) is 0 Å². The van der Waals surface area contributed by atoms with Crippen LogP contribution in [0.1, 0.15) is 31.0 Å². The average Bonchev–Trinajstić information content (AvgIpc) is 2.16. The molecular formula is C11H16FNO. The molecule has 0 aliphatic carbocycles. The molecule has 0 amide bonds. The number of rotatable bonds is 3. The van der Waals surface area contributed by atoms with Gasteiger partial charge in [0.1, 0.15) is 5.82 Å². The second-order valence-corrected chi connectivity index (χ2v) is 3.43. The van der Waals surface area contributed by atoms with Gasteiger partial charge in [0.05, 0.1) is 12.1 Å². The SMILES string of the molecule is CCc1cccc(F)c1[C@H](N)[C@@H](C)O. The maximum atomic E-state index is 13.5. The van der Waals surface area contributed by atoms with Gasteiger partial charge in [-0.05, 0) is 25.0 Å². The van der Waals surface area contributed by atoms with Gasteiger partial charge in [-0.25, -0.2) is 4.39 Å². The Bertz CT molecular complexity index is 312. The van der Waals surface area contributed by atoms with Gasteiger partial charge in [0.25, 0.3) is 0 Å². The number of aliphatic hydroxyl groups is 1. The Morgan fingerprint density at radius 2 is 2.14 bits per heavy atom. The quantitative estimate of drug-likeness (QED) is 0.775. The lowest BCUT2D eigenvalue weighted by atomic mass is 9.95. The molecule has 78 valence electrons. The third kappa shape index (κ3) is 2.11. The standard InChI is InChI=1S/C11H16FNO/c1-3-8-5-4-6-9(12)10(8)11(13)7(2)14/h4-7,11,14H,3,13H2,1-2H3/t7-,11-/m1/s1. The summed E-state index contributed by atoms with van der Waals surface area (Å²) in [5.74, 6) is -0.335.